The maximum atomic E-state index is 10.1. The highest BCUT2D eigenvalue weighted by molar-refractivity contribution is 5.68. The van der Waals surface area contributed by atoms with E-state index in [1.165, 1.54) is 93.7 Å². The third-order valence-corrected chi connectivity index (χ3v) is 8.77. The molecule has 0 saturated heterocycles. The Morgan fingerprint density at radius 2 is 1.32 bits per heavy atom. The van der Waals surface area contributed by atoms with Crippen LogP contribution >= 0.6 is 0 Å². The lowest BCUT2D eigenvalue weighted by atomic mass is 9.67. The van der Waals surface area contributed by atoms with E-state index in [1.807, 2.05) is 0 Å². The van der Waals surface area contributed by atoms with E-state index in [1.54, 1.807) is 0 Å². The monoisotopic (exact) mass is 515 g/mol. The average Bonchev–Trinajstić information content (AvgIpc) is 2.97. The number of benzene rings is 2. The summed E-state index contributed by atoms with van der Waals surface area (Å²) in [7, 11) is 0. The highest BCUT2D eigenvalue weighted by atomic mass is 16.5. The van der Waals surface area contributed by atoms with Gasteiger partial charge in [0.05, 0.1) is 18.1 Å². The Morgan fingerprint density at radius 3 is 1.95 bits per heavy atom. The molecule has 2 nitrogen and oxygen atoms in total. The van der Waals surface area contributed by atoms with E-state index in [4.69, 9.17) is 4.74 Å². The van der Waals surface area contributed by atoms with Crippen molar-refractivity contribution in [1.82, 2.24) is 0 Å². The zero-order chi connectivity index (χ0) is 26.9. The molecule has 2 aromatic carbocycles. The van der Waals surface area contributed by atoms with Crippen molar-refractivity contribution >= 4 is 0 Å². The van der Waals surface area contributed by atoms with E-state index >= 15 is 0 Å². The molecule has 38 heavy (non-hydrogen) atoms. The van der Waals surface area contributed by atoms with E-state index in [9.17, 15) is 5.26 Å². The van der Waals surface area contributed by atoms with Gasteiger partial charge in [-0.15, -0.1) is 0 Å². The van der Waals surface area contributed by atoms with E-state index < -0.39 is 0 Å². The predicted molar refractivity (Wildman–Crippen MR) is 163 cm³/mol. The normalized spacial score (nSPS) is 19.2. The molecule has 0 N–H and O–H groups in total. The molecule has 0 atom stereocenters. The van der Waals surface area contributed by atoms with Crippen LogP contribution in [0, 0.1) is 16.7 Å². The van der Waals surface area contributed by atoms with Gasteiger partial charge in [-0.2, -0.15) is 5.26 Å². The minimum Gasteiger partial charge on any atom is -0.494 e. The molecule has 0 aliphatic heterocycles. The molecule has 2 heteroatoms. The number of nitriles is 1. The third kappa shape index (κ3) is 9.80. The van der Waals surface area contributed by atoms with Gasteiger partial charge in [-0.3, -0.25) is 0 Å². The van der Waals surface area contributed by atoms with Crippen LogP contribution in [0.25, 0.3) is 11.1 Å². The first-order valence-electron chi connectivity index (χ1n) is 15.9. The smallest absolute Gasteiger partial charge is 0.119 e. The Bertz CT molecular complexity index is 933. The number of rotatable bonds is 18. The zero-order valence-electron chi connectivity index (χ0n) is 24.5. The summed E-state index contributed by atoms with van der Waals surface area (Å²) < 4.78 is 6.04. The highest BCUT2D eigenvalue weighted by Gasteiger charge is 2.35. The van der Waals surface area contributed by atoms with Crippen molar-refractivity contribution in [2.75, 3.05) is 6.61 Å². The molecule has 1 fully saturated rings. The van der Waals surface area contributed by atoms with Gasteiger partial charge in [0.1, 0.15) is 5.75 Å². The van der Waals surface area contributed by atoms with Crippen LogP contribution < -0.4 is 4.74 Å². The molecule has 1 saturated carbocycles. The van der Waals surface area contributed by atoms with E-state index in [2.05, 4.69) is 68.4 Å². The Labute approximate surface area is 234 Å². The number of hydrogen-bond donors (Lipinski definition) is 0. The number of ether oxygens (including phenoxy) is 1. The van der Waals surface area contributed by atoms with Gasteiger partial charge in [-0.05, 0) is 73.3 Å². The number of unbranched alkanes of at least 4 members (excludes halogenated alkanes) is 11. The molecule has 1 aliphatic rings. The first kappa shape index (κ1) is 30.3. The number of hydrogen-bond acceptors (Lipinski definition) is 2. The molecule has 0 radical (unpaired) electrons. The van der Waals surface area contributed by atoms with Gasteiger partial charge in [-0.1, -0.05) is 127 Å². The van der Waals surface area contributed by atoms with Gasteiger partial charge in [0.2, 0.25) is 0 Å². The molecule has 3 rings (SSSR count). The molecule has 2 aromatic rings. The van der Waals surface area contributed by atoms with Crippen LogP contribution in [0.1, 0.15) is 141 Å². The van der Waals surface area contributed by atoms with Crippen LogP contribution in [0.3, 0.4) is 0 Å². The molecule has 208 valence electrons. The summed E-state index contributed by atoms with van der Waals surface area (Å²) in [6, 6.07) is 20.4. The molecule has 0 bridgehead atoms. The standard InChI is InChI=1S/C36H53NO/c1-3-5-7-9-11-13-17-29-38-33-22-20-31(21-23-33)34-18-14-15-19-35(34)32-24-27-36(30-37,28-25-32)26-16-12-10-8-6-4-2/h14-15,18-23,32H,3-13,16-17,24-29H2,1-2H3. The Kier molecular flexibility index (Phi) is 13.8. The fraction of sp³-hybridized carbons (Fsp3) is 0.639. The summed E-state index contributed by atoms with van der Waals surface area (Å²) in [6.07, 6.45) is 22.4. The maximum Gasteiger partial charge on any atom is 0.119 e. The Balaban J connectivity index is 1.49. The molecule has 0 aromatic heterocycles. The van der Waals surface area contributed by atoms with Gasteiger partial charge in [0.15, 0.2) is 0 Å². The van der Waals surface area contributed by atoms with Gasteiger partial charge in [0.25, 0.3) is 0 Å². The third-order valence-electron chi connectivity index (χ3n) is 8.77. The quantitative estimate of drug-likeness (QED) is 0.185. The van der Waals surface area contributed by atoms with Crippen LogP contribution in [0.2, 0.25) is 0 Å². The lowest BCUT2D eigenvalue weighted by Gasteiger charge is -2.36. The fourth-order valence-electron chi connectivity index (χ4n) is 6.24. The van der Waals surface area contributed by atoms with Crippen LogP contribution in [0.5, 0.6) is 5.75 Å². The van der Waals surface area contributed by atoms with Crippen molar-refractivity contribution in [3.8, 4) is 22.9 Å². The van der Waals surface area contributed by atoms with E-state index in [-0.39, 0.29) is 5.41 Å². The molecule has 0 heterocycles. The summed E-state index contributed by atoms with van der Waals surface area (Å²) in [6.45, 7) is 5.35. The van der Waals surface area contributed by atoms with Gasteiger partial charge >= 0.3 is 0 Å². The van der Waals surface area contributed by atoms with E-state index in [0.29, 0.717) is 5.92 Å². The van der Waals surface area contributed by atoms with Crippen molar-refractivity contribution < 1.29 is 4.74 Å². The lowest BCUT2D eigenvalue weighted by Crippen LogP contribution is -2.25. The Hall–Kier alpha value is -2.27. The first-order chi connectivity index (χ1) is 18.7. The largest absolute Gasteiger partial charge is 0.494 e. The van der Waals surface area contributed by atoms with Crippen molar-refractivity contribution in [1.29, 1.82) is 5.26 Å². The minimum atomic E-state index is -0.0926. The topological polar surface area (TPSA) is 33.0 Å². The molecular formula is C36H53NO. The van der Waals surface area contributed by atoms with Crippen molar-refractivity contribution in [3.05, 3.63) is 54.1 Å². The maximum absolute atomic E-state index is 10.1. The van der Waals surface area contributed by atoms with Gasteiger partial charge < -0.3 is 4.74 Å². The predicted octanol–water partition coefficient (Wildman–Crippen LogP) is 11.4. The van der Waals surface area contributed by atoms with Crippen LogP contribution in [0.15, 0.2) is 48.5 Å². The van der Waals surface area contributed by atoms with Crippen molar-refractivity contribution in [2.24, 2.45) is 5.41 Å². The molecule has 0 unspecified atom stereocenters. The van der Waals surface area contributed by atoms with Crippen LogP contribution in [-0.2, 0) is 0 Å². The van der Waals surface area contributed by atoms with Crippen molar-refractivity contribution in [3.63, 3.8) is 0 Å². The van der Waals surface area contributed by atoms with Crippen molar-refractivity contribution in [2.45, 2.75) is 135 Å². The van der Waals surface area contributed by atoms with Crippen LogP contribution in [0.4, 0.5) is 0 Å². The second-order valence-corrected chi connectivity index (χ2v) is 11.8. The Morgan fingerprint density at radius 1 is 0.737 bits per heavy atom. The van der Waals surface area contributed by atoms with Gasteiger partial charge in [-0.25, -0.2) is 0 Å². The molecule has 1 aliphatic carbocycles. The minimum absolute atomic E-state index is 0.0926. The average molecular weight is 516 g/mol. The number of nitrogens with zero attached hydrogens (tertiary/aromatic N) is 1. The molecule has 0 spiro atoms. The highest BCUT2D eigenvalue weighted by Crippen LogP contribution is 2.47. The lowest BCUT2D eigenvalue weighted by molar-refractivity contribution is 0.223. The summed E-state index contributed by atoms with van der Waals surface area (Å²) in [5, 5.41) is 10.1. The molecular weight excluding hydrogens is 462 g/mol. The molecule has 0 amide bonds. The second-order valence-electron chi connectivity index (χ2n) is 11.8. The zero-order valence-corrected chi connectivity index (χ0v) is 24.5. The summed E-state index contributed by atoms with van der Waals surface area (Å²) in [4.78, 5) is 0. The fourth-order valence-corrected chi connectivity index (χ4v) is 6.24. The summed E-state index contributed by atoms with van der Waals surface area (Å²) in [5.41, 5.74) is 3.98. The van der Waals surface area contributed by atoms with Gasteiger partial charge in [0, 0.05) is 0 Å². The van der Waals surface area contributed by atoms with Crippen LogP contribution in [-0.4, -0.2) is 6.61 Å². The summed E-state index contributed by atoms with van der Waals surface area (Å²) in [5.74, 6) is 1.52. The second kappa shape index (κ2) is 17.3. The first-order valence-corrected chi connectivity index (χ1v) is 15.9. The SMILES string of the molecule is CCCCCCCCCOc1ccc(-c2ccccc2C2CCC(C#N)(CCCCCCCC)CC2)cc1. The van der Waals surface area contributed by atoms with E-state index in [0.717, 1.165) is 50.9 Å². The summed E-state index contributed by atoms with van der Waals surface area (Å²) >= 11 is 0.